The zero-order chi connectivity index (χ0) is 9.42. The van der Waals surface area contributed by atoms with Crippen LogP contribution in [0.5, 0.6) is 0 Å². The van der Waals surface area contributed by atoms with E-state index in [2.05, 4.69) is 20.5 Å². The molecular weight excluding hydrogens is 170 g/mol. The van der Waals surface area contributed by atoms with Crippen LogP contribution in [0.4, 0.5) is 5.82 Å². The second-order valence-electron chi connectivity index (χ2n) is 2.68. The molecule has 2 rings (SSSR count). The molecule has 0 radical (unpaired) electrons. The minimum atomic E-state index is 0.481. The average Bonchev–Trinajstić information content (AvgIpc) is 2.61. The zero-order valence-electron chi connectivity index (χ0n) is 7.34. The van der Waals surface area contributed by atoms with Crippen LogP contribution in [0.15, 0.2) is 6.07 Å². The van der Waals surface area contributed by atoms with Crippen molar-refractivity contribution in [2.24, 2.45) is 14.1 Å². The fraction of sp³-hybridized carbons (Fsp3) is 0.333. The van der Waals surface area contributed by atoms with Crippen LogP contribution in [0.25, 0.3) is 11.5 Å². The highest BCUT2D eigenvalue weighted by atomic mass is 15.6. The molecular formula is C6H9N7. The molecule has 0 aliphatic carbocycles. The van der Waals surface area contributed by atoms with Crippen LogP contribution >= 0.6 is 0 Å². The van der Waals surface area contributed by atoms with E-state index in [0.29, 0.717) is 17.3 Å². The molecule has 0 spiro atoms. The highest BCUT2D eigenvalue weighted by Gasteiger charge is 2.09. The molecule has 68 valence electrons. The van der Waals surface area contributed by atoms with E-state index >= 15 is 0 Å². The van der Waals surface area contributed by atoms with Crippen molar-refractivity contribution in [1.82, 2.24) is 30.0 Å². The van der Waals surface area contributed by atoms with Gasteiger partial charge in [-0.15, -0.1) is 10.2 Å². The van der Waals surface area contributed by atoms with Crippen LogP contribution < -0.4 is 5.73 Å². The maximum atomic E-state index is 5.60. The first-order valence-corrected chi connectivity index (χ1v) is 3.70. The summed E-state index contributed by atoms with van der Waals surface area (Å²) in [6, 6.07) is 1.71. The molecule has 13 heavy (non-hydrogen) atoms. The van der Waals surface area contributed by atoms with Gasteiger partial charge in [0.25, 0.3) is 0 Å². The molecule has 0 aromatic carbocycles. The Bertz CT molecular complexity index is 406. The summed E-state index contributed by atoms with van der Waals surface area (Å²) in [5, 5.41) is 15.6. The predicted octanol–water partition coefficient (Wildman–Crippen LogP) is -0.807. The molecule has 7 nitrogen and oxygen atoms in total. The van der Waals surface area contributed by atoms with Crippen molar-refractivity contribution in [2.45, 2.75) is 0 Å². The van der Waals surface area contributed by atoms with E-state index in [9.17, 15) is 0 Å². The third-order valence-corrected chi connectivity index (χ3v) is 1.65. The van der Waals surface area contributed by atoms with Crippen molar-refractivity contribution >= 4 is 5.82 Å². The largest absolute Gasteiger partial charge is 0.384 e. The highest BCUT2D eigenvalue weighted by Crippen LogP contribution is 2.13. The summed E-state index contributed by atoms with van der Waals surface area (Å²) in [6.07, 6.45) is 0. The molecule has 0 atom stereocenters. The lowest BCUT2D eigenvalue weighted by molar-refractivity contribution is 0.630. The number of rotatable bonds is 1. The molecule has 0 saturated heterocycles. The van der Waals surface area contributed by atoms with Gasteiger partial charge in [-0.2, -0.15) is 9.90 Å². The maximum absolute atomic E-state index is 5.60. The van der Waals surface area contributed by atoms with Gasteiger partial charge in [0.05, 0.1) is 7.05 Å². The second kappa shape index (κ2) is 2.54. The highest BCUT2D eigenvalue weighted by molar-refractivity contribution is 5.53. The fourth-order valence-corrected chi connectivity index (χ4v) is 0.978. The van der Waals surface area contributed by atoms with Crippen LogP contribution in [0, 0.1) is 0 Å². The smallest absolute Gasteiger partial charge is 0.225 e. The average molecular weight is 179 g/mol. The number of aromatic nitrogens is 6. The molecule has 0 unspecified atom stereocenters. The molecule has 2 N–H and O–H groups in total. The minimum Gasteiger partial charge on any atom is -0.384 e. The number of anilines is 1. The minimum absolute atomic E-state index is 0.481. The van der Waals surface area contributed by atoms with Gasteiger partial charge in [-0.25, -0.2) is 0 Å². The van der Waals surface area contributed by atoms with Gasteiger partial charge in [0.15, 0.2) is 0 Å². The van der Waals surface area contributed by atoms with Gasteiger partial charge in [-0.05, 0) is 5.21 Å². The Labute approximate surface area is 74.1 Å². The number of nitrogen functional groups attached to an aromatic ring is 1. The molecule has 0 saturated carbocycles. The molecule has 0 aliphatic heterocycles. The Hall–Kier alpha value is -1.92. The lowest BCUT2D eigenvalue weighted by Gasteiger charge is -1.88. The summed E-state index contributed by atoms with van der Waals surface area (Å²) in [6.45, 7) is 0. The van der Waals surface area contributed by atoms with E-state index in [1.165, 1.54) is 4.80 Å². The maximum Gasteiger partial charge on any atom is 0.225 e. The van der Waals surface area contributed by atoms with E-state index in [-0.39, 0.29) is 0 Å². The first-order chi connectivity index (χ1) is 6.16. The van der Waals surface area contributed by atoms with E-state index < -0.39 is 0 Å². The second-order valence-corrected chi connectivity index (χ2v) is 2.68. The van der Waals surface area contributed by atoms with Gasteiger partial charge < -0.3 is 5.73 Å². The lowest BCUT2D eigenvalue weighted by Crippen LogP contribution is -1.96. The lowest BCUT2D eigenvalue weighted by atomic mass is 10.4. The van der Waals surface area contributed by atoms with Gasteiger partial charge in [0, 0.05) is 13.1 Å². The summed E-state index contributed by atoms with van der Waals surface area (Å²) in [4.78, 5) is 1.38. The normalized spacial score (nSPS) is 10.6. The van der Waals surface area contributed by atoms with Crippen LogP contribution in [0.2, 0.25) is 0 Å². The summed E-state index contributed by atoms with van der Waals surface area (Å²) in [5.74, 6) is 1.05. The number of nitrogens with zero attached hydrogens (tertiary/aromatic N) is 6. The molecule has 2 aromatic heterocycles. The SMILES string of the molecule is Cn1nnc(-c2cc(N)n(C)n2)n1. The first kappa shape index (κ1) is 7.71. The number of hydrogen-bond acceptors (Lipinski definition) is 5. The Balaban J connectivity index is 2.46. The van der Waals surface area contributed by atoms with Crippen molar-refractivity contribution in [2.75, 3.05) is 5.73 Å². The predicted molar refractivity (Wildman–Crippen MR) is 45.4 cm³/mol. The van der Waals surface area contributed by atoms with Crippen LogP contribution in [0.1, 0.15) is 0 Å². The van der Waals surface area contributed by atoms with Gasteiger partial charge in [0.1, 0.15) is 11.5 Å². The van der Waals surface area contributed by atoms with Gasteiger partial charge in [0.2, 0.25) is 5.82 Å². The summed E-state index contributed by atoms with van der Waals surface area (Å²) >= 11 is 0. The van der Waals surface area contributed by atoms with Gasteiger partial charge in [-0.1, -0.05) is 0 Å². The third-order valence-electron chi connectivity index (χ3n) is 1.65. The summed E-state index contributed by atoms with van der Waals surface area (Å²) in [7, 11) is 3.46. The van der Waals surface area contributed by atoms with Crippen LogP contribution in [-0.2, 0) is 14.1 Å². The number of tetrazole rings is 1. The van der Waals surface area contributed by atoms with Crippen molar-refractivity contribution in [3.05, 3.63) is 6.07 Å². The number of hydrogen-bond donors (Lipinski definition) is 1. The Kier molecular flexibility index (Phi) is 1.51. The molecule has 0 bridgehead atoms. The van der Waals surface area contributed by atoms with Crippen molar-refractivity contribution in [3.8, 4) is 11.5 Å². The number of nitrogens with two attached hydrogens (primary N) is 1. The van der Waals surface area contributed by atoms with E-state index in [1.807, 2.05) is 0 Å². The summed E-state index contributed by atoms with van der Waals surface area (Å²) < 4.78 is 1.56. The van der Waals surface area contributed by atoms with Crippen LogP contribution in [0.3, 0.4) is 0 Å². The Morgan fingerprint density at radius 3 is 2.54 bits per heavy atom. The molecule has 7 heteroatoms. The molecule has 0 amide bonds. The number of aryl methyl sites for hydroxylation is 2. The van der Waals surface area contributed by atoms with E-state index in [1.54, 1.807) is 24.8 Å². The monoisotopic (exact) mass is 179 g/mol. The van der Waals surface area contributed by atoms with Gasteiger partial charge in [-0.3, -0.25) is 4.68 Å². The Morgan fingerprint density at radius 2 is 2.08 bits per heavy atom. The third kappa shape index (κ3) is 1.24. The molecule has 2 heterocycles. The topological polar surface area (TPSA) is 87.4 Å². The standard InChI is InChI=1S/C6H9N7/c1-12-5(7)3-4(9-12)6-8-11-13(2)10-6/h3H,7H2,1-2H3. The Morgan fingerprint density at radius 1 is 1.31 bits per heavy atom. The van der Waals surface area contributed by atoms with Crippen molar-refractivity contribution in [3.63, 3.8) is 0 Å². The zero-order valence-corrected chi connectivity index (χ0v) is 7.34. The molecule has 2 aromatic rings. The first-order valence-electron chi connectivity index (χ1n) is 3.70. The quantitative estimate of drug-likeness (QED) is 0.618. The van der Waals surface area contributed by atoms with E-state index in [4.69, 9.17) is 5.73 Å². The molecule has 0 aliphatic rings. The van der Waals surface area contributed by atoms with Crippen molar-refractivity contribution < 1.29 is 0 Å². The van der Waals surface area contributed by atoms with Gasteiger partial charge >= 0.3 is 0 Å². The van der Waals surface area contributed by atoms with Crippen LogP contribution in [-0.4, -0.2) is 30.0 Å². The van der Waals surface area contributed by atoms with E-state index in [0.717, 1.165) is 0 Å². The summed E-state index contributed by atoms with van der Waals surface area (Å²) in [5.41, 5.74) is 6.23. The van der Waals surface area contributed by atoms with Crippen molar-refractivity contribution in [1.29, 1.82) is 0 Å². The fourth-order valence-electron chi connectivity index (χ4n) is 0.978. The molecule has 0 fully saturated rings.